The molecule has 1 atom stereocenters. The van der Waals surface area contributed by atoms with Gasteiger partial charge in [0.05, 0.1) is 5.56 Å². The summed E-state index contributed by atoms with van der Waals surface area (Å²) in [7, 11) is 0. The summed E-state index contributed by atoms with van der Waals surface area (Å²) in [4.78, 5) is 13.8. The number of nitrogens with one attached hydrogen (secondary N) is 1. The molecule has 98 valence electrons. The predicted molar refractivity (Wildman–Crippen MR) is 64.5 cm³/mol. The highest BCUT2D eigenvalue weighted by Crippen LogP contribution is 2.17. The van der Waals surface area contributed by atoms with Gasteiger partial charge in [-0.2, -0.15) is 0 Å². The molecule has 0 spiro atoms. The normalized spacial score (nSPS) is 20.0. The van der Waals surface area contributed by atoms with Crippen LogP contribution < -0.4 is 5.32 Å². The van der Waals surface area contributed by atoms with Crippen molar-refractivity contribution in [3.63, 3.8) is 0 Å². The van der Waals surface area contributed by atoms with E-state index in [9.17, 15) is 13.6 Å². The maximum Gasteiger partial charge on any atom is 0.257 e. The van der Waals surface area contributed by atoms with Crippen LogP contribution in [0.3, 0.4) is 0 Å². The Morgan fingerprint density at radius 3 is 2.78 bits per heavy atom. The van der Waals surface area contributed by atoms with Crippen LogP contribution in [0.15, 0.2) is 12.1 Å². The van der Waals surface area contributed by atoms with Crippen molar-refractivity contribution in [1.82, 2.24) is 10.2 Å². The molecule has 18 heavy (non-hydrogen) atoms. The largest absolute Gasteiger partial charge is 0.333 e. The van der Waals surface area contributed by atoms with Gasteiger partial charge in [0.1, 0.15) is 11.6 Å². The zero-order chi connectivity index (χ0) is 13.3. The SMILES string of the molecule is Cc1cc(C(=O)N2CCNC[C@@H]2C)c(F)cc1F. The highest BCUT2D eigenvalue weighted by atomic mass is 19.1. The van der Waals surface area contributed by atoms with E-state index in [1.807, 2.05) is 6.92 Å². The van der Waals surface area contributed by atoms with Crippen molar-refractivity contribution in [1.29, 1.82) is 0 Å². The average molecular weight is 254 g/mol. The van der Waals surface area contributed by atoms with E-state index in [0.29, 0.717) is 19.6 Å². The third kappa shape index (κ3) is 2.36. The molecule has 1 N–H and O–H groups in total. The molecule has 0 radical (unpaired) electrons. The molecule has 1 fully saturated rings. The van der Waals surface area contributed by atoms with E-state index in [1.165, 1.54) is 13.0 Å². The van der Waals surface area contributed by atoms with Crippen LogP contribution in [0.2, 0.25) is 0 Å². The molecule has 0 bridgehead atoms. The molecule has 1 aromatic rings. The lowest BCUT2D eigenvalue weighted by Gasteiger charge is -2.34. The number of nitrogens with zero attached hydrogens (tertiary/aromatic N) is 1. The van der Waals surface area contributed by atoms with E-state index in [4.69, 9.17) is 0 Å². The van der Waals surface area contributed by atoms with E-state index >= 15 is 0 Å². The van der Waals surface area contributed by atoms with Crippen LogP contribution in [-0.4, -0.2) is 36.5 Å². The highest BCUT2D eigenvalue weighted by molar-refractivity contribution is 5.95. The van der Waals surface area contributed by atoms with Crippen molar-refractivity contribution in [3.05, 3.63) is 34.9 Å². The summed E-state index contributed by atoms with van der Waals surface area (Å²) in [5.41, 5.74) is 0.227. The Balaban J connectivity index is 2.30. The van der Waals surface area contributed by atoms with E-state index in [2.05, 4.69) is 5.32 Å². The molecule has 2 rings (SSSR count). The van der Waals surface area contributed by atoms with Gasteiger partial charge in [-0.1, -0.05) is 0 Å². The van der Waals surface area contributed by atoms with E-state index in [-0.39, 0.29) is 23.1 Å². The van der Waals surface area contributed by atoms with Gasteiger partial charge in [0.25, 0.3) is 5.91 Å². The fourth-order valence-electron chi connectivity index (χ4n) is 2.12. The van der Waals surface area contributed by atoms with E-state index in [1.54, 1.807) is 4.90 Å². The van der Waals surface area contributed by atoms with Gasteiger partial charge in [-0.15, -0.1) is 0 Å². The Morgan fingerprint density at radius 2 is 2.11 bits per heavy atom. The molecule has 0 aromatic heterocycles. The molecule has 0 unspecified atom stereocenters. The number of amides is 1. The summed E-state index contributed by atoms with van der Waals surface area (Å²) in [6, 6.07) is 2.06. The zero-order valence-electron chi connectivity index (χ0n) is 10.5. The Hall–Kier alpha value is -1.49. The lowest BCUT2D eigenvalue weighted by Crippen LogP contribution is -2.52. The number of carbonyl (C=O) groups is 1. The number of aryl methyl sites for hydroxylation is 1. The number of hydrogen-bond acceptors (Lipinski definition) is 2. The number of hydrogen-bond donors (Lipinski definition) is 1. The molecule has 5 heteroatoms. The number of piperazine rings is 1. The second-order valence-electron chi connectivity index (χ2n) is 4.63. The van der Waals surface area contributed by atoms with Crippen molar-refractivity contribution in [2.75, 3.05) is 19.6 Å². The summed E-state index contributed by atoms with van der Waals surface area (Å²) in [6.45, 7) is 5.34. The van der Waals surface area contributed by atoms with Crippen molar-refractivity contribution in [2.24, 2.45) is 0 Å². The second kappa shape index (κ2) is 5.02. The third-order valence-corrected chi connectivity index (χ3v) is 3.24. The van der Waals surface area contributed by atoms with Crippen molar-refractivity contribution < 1.29 is 13.6 Å². The molecule has 0 saturated carbocycles. The van der Waals surface area contributed by atoms with Crippen LogP contribution in [0.25, 0.3) is 0 Å². The van der Waals surface area contributed by atoms with Crippen molar-refractivity contribution in [2.45, 2.75) is 19.9 Å². The first-order chi connectivity index (χ1) is 8.50. The standard InChI is InChI=1S/C13H16F2N2O/c1-8-5-10(12(15)6-11(8)14)13(18)17-4-3-16-7-9(17)2/h5-6,9,16H,3-4,7H2,1-2H3/t9-/m0/s1. The first-order valence-electron chi connectivity index (χ1n) is 5.98. The van der Waals surface area contributed by atoms with Crippen LogP contribution >= 0.6 is 0 Å². The van der Waals surface area contributed by atoms with Gasteiger partial charge in [0.15, 0.2) is 0 Å². The quantitative estimate of drug-likeness (QED) is 0.827. The minimum Gasteiger partial charge on any atom is -0.333 e. The molecule has 1 amide bonds. The van der Waals surface area contributed by atoms with Gasteiger partial charge < -0.3 is 10.2 Å². The summed E-state index contributed by atoms with van der Waals surface area (Å²) in [5.74, 6) is -1.80. The van der Waals surface area contributed by atoms with Gasteiger partial charge in [0.2, 0.25) is 0 Å². The lowest BCUT2D eigenvalue weighted by atomic mass is 10.1. The molecular formula is C13H16F2N2O. The van der Waals surface area contributed by atoms with Crippen LogP contribution in [0.4, 0.5) is 8.78 Å². The lowest BCUT2D eigenvalue weighted by molar-refractivity contribution is 0.0650. The molecule has 0 aliphatic carbocycles. The molecule has 1 aromatic carbocycles. The van der Waals surface area contributed by atoms with Crippen molar-refractivity contribution in [3.8, 4) is 0 Å². The smallest absolute Gasteiger partial charge is 0.257 e. The first kappa shape index (κ1) is 13.0. The Labute approximate surface area is 105 Å². The van der Waals surface area contributed by atoms with E-state index < -0.39 is 11.6 Å². The topological polar surface area (TPSA) is 32.3 Å². The number of rotatable bonds is 1. The van der Waals surface area contributed by atoms with Gasteiger partial charge in [-0.3, -0.25) is 4.79 Å². The fourth-order valence-corrected chi connectivity index (χ4v) is 2.12. The van der Waals surface area contributed by atoms with E-state index in [0.717, 1.165) is 6.07 Å². The minimum absolute atomic E-state index is 0.0102. The molecule has 1 aliphatic rings. The predicted octanol–water partition coefficient (Wildman–Crippen LogP) is 1.71. The Bertz CT molecular complexity index is 476. The maximum atomic E-state index is 13.7. The van der Waals surface area contributed by atoms with Crippen LogP contribution in [0, 0.1) is 18.6 Å². The van der Waals surface area contributed by atoms with Crippen molar-refractivity contribution >= 4 is 5.91 Å². The first-order valence-corrected chi connectivity index (χ1v) is 5.98. The number of benzene rings is 1. The summed E-state index contributed by atoms with van der Waals surface area (Å²) in [6.07, 6.45) is 0. The fraction of sp³-hybridized carbons (Fsp3) is 0.462. The molecule has 1 aliphatic heterocycles. The minimum atomic E-state index is -0.797. The zero-order valence-corrected chi connectivity index (χ0v) is 10.5. The molecule has 1 heterocycles. The van der Waals surface area contributed by atoms with Gasteiger partial charge in [0, 0.05) is 31.7 Å². The molecule has 1 saturated heterocycles. The highest BCUT2D eigenvalue weighted by Gasteiger charge is 2.26. The van der Waals surface area contributed by atoms with Gasteiger partial charge in [-0.05, 0) is 25.5 Å². The van der Waals surface area contributed by atoms with Crippen LogP contribution in [0.5, 0.6) is 0 Å². The summed E-state index contributed by atoms with van der Waals surface area (Å²) >= 11 is 0. The van der Waals surface area contributed by atoms with Gasteiger partial charge >= 0.3 is 0 Å². The molecular weight excluding hydrogens is 238 g/mol. The Morgan fingerprint density at radius 1 is 1.39 bits per heavy atom. The number of halogens is 2. The maximum absolute atomic E-state index is 13.7. The summed E-state index contributed by atoms with van der Waals surface area (Å²) in [5, 5.41) is 3.16. The Kier molecular flexibility index (Phi) is 3.61. The van der Waals surface area contributed by atoms with Gasteiger partial charge in [-0.25, -0.2) is 8.78 Å². The van der Waals surface area contributed by atoms with Crippen LogP contribution in [-0.2, 0) is 0 Å². The van der Waals surface area contributed by atoms with Crippen LogP contribution in [0.1, 0.15) is 22.8 Å². The second-order valence-corrected chi connectivity index (χ2v) is 4.63. The average Bonchev–Trinajstić information content (AvgIpc) is 2.33. The summed E-state index contributed by atoms with van der Waals surface area (Å²) < 4.78 is 26.8. The third-order valence-electron chi connectivity index (χ3n) is 3.24. The number of carbonyl (C=O) groups excluding carboxylic acids is 1. The monoisotopic (exact) mass is 254 g/mol. The molecule has 3 nitrogen and oxygen atoms in total.